The van der Waals surface area contributed by atoms with Crippen molar-refractivity contribution in [1.29, 1.82) is 5.26 Å². The predicted octanol–water partition coefficient (Wildman–Crippen LogP) is 3.28. The fourth-order valence-electron chi connectivity index (χ4n) is 2.24. The average Bonchev–Trinajstić information content (AvgIpc) is 2.46. The molecule has 1 fully saturated rings. The summed E-state index contributed by atoms with van der Waals surface area (Å²) in [6.45, 7) is 0.181. The molecular formula is C13H12ClF3N2O2S. The van der Waals surface area contributed by atoms with Crippen LogP contribution < -0.4 is 0 Å². The van der Waals surface area contributed by atoms with E-state index in [0.717, 1.165) is 16.4 Å². The molecule has 0 atom stereocenters. The van der Waals surface area contributed by atoms with Crippen molar-refractivity contribution in [1.82, 2.24) is 4.31 Å². The van der Waals surface area contributed by atoms with Crippen molar-refractivity contribution in [3.05, 3.63) is 28.8 Å². The standard InChI is InChI=1S/C13H12ClF3N2O2S/c14-11-2-1-10(13(15,16)17)7-12(11)22(20,21)19-5-3-9(8-18)4-6-19/h1-2,7,9H,3-6H2. The van der Waals surface area contributed by atoms with E-state index in [9.17, 15) is 21.6 Å². The molecule has 0 radical (unpaired) electrons. The van der Waals surface area contributed by atoms with E-state index < -0.39 is 26.7 Å². The quantitative estimate of drug-likeness (QED) is 0.820. The van der Waals surface area contributed by atoms with E-state index in [4.69, 9.17) is 16.9 Å². The molecule has 1 heterocycles. The molecule has 0 amide bonds. The van der Waals surface area contributed by atoms with E-state index in [1.54, 1.807) is 0 Å². The minimum absolute atomic E-state index is 0.0904. The predicted molar refractivity (Wildman–Crippen MR) is 73.5 cm³/mol. The fourth-order valence-corrected chi connectivity index (χ4v) is 4.21. The number of hydrogen-bond donors (Lipinski definition) is 0. The highest BCUT2D eigenvalue weighted by Gasteiger charge is 2.35. The Hall–Kier alpha value is -1.30. The molecule has 0 aromatic heterocycles. The van der Waals surface area contributed by atoms with Crippen LogP contribution in [0.2, 0.25) is 5.02 Å². The van der Waals surface area contributed by atoms with Crippen LogP contribution in [0.4, 0.5) is 13.2 Å². The molecule has 1 aromatic rings. The Balaban J connectivity index is 2.36. The number of nitrogens with zero attached hydrogens (tertiary/aromatic N) is 2. The summed E-state index contributed by atoms with van der Waals surface area (Å²) in [5.41, 5.74) is -1.07. The normalized spacial score (nSPS) is 18.1. The molecular weight excluding hydrogens is 341 g/mol. The number of benzene rings is 1. The number of nitriles is 1. The molecule has 120 valence electrons. The second-order valence-corrected chi connectivity index (χ2v) is 7.26. The molecule has 2 rings (SSSR count). The van der Waals surface area contributed by atoms with Crippen LogP contribution in [-0.2, 0) is 16.2 Å². The van der Waals surface area contributed by atoms with Gasteiger partial charge in [-0.2, -0.15) is 22.7 Å². The van der Waals surface area contributed by atoms with Gasteiger partial charge in [0.15, 0.2) is 0 Å². The van der Waals surface area contributed by atoms with Crippen LogP contribution in [0.15, 0.2) is 23.1 Å². The Morgan fingerprint density at radius 3 is 2.36 bits per heavy atom. The van der Waals surface area contributed by atoms with Crippen molar-refractivity contribution in [2.45, 2.75) is 23.9 Å². The van der Waals surface area contributed by atoms with Crippen molar-refractivity contribution >= 4 is 21.6 Å². The second kappa shape index (κ2) is 6.07. The zero-order valence-electron chi connectivity index (χ0n) is 11.3. The molecule has 22 heavy (non-hydrogen) atoms. The van der Waals surface area contributed by atoms with E-state index in [1.807, 2.05) is 0 Å². The lowest BCUT2D eigenvalue weighted by molar-refractivity contribution is -0.137. The van der Waals surface area contributed by atoms with E-state index in [1.165, 1.54) is 0 Å². The Morgan fingerprint density at radius 1 is 1.27 bits per heavy atom. The molecule has 0 saturated carbocycles. The molecule has 0 aliphatic carbocycles. The summed E-state index contributed by atoms with van der Waals surface area (Å²) in [4.78, 5) is -0.556. The third kappa shape index (κ3) is 3.37. The summed E-state index contributed by atoms with van der Waals surface area (Å²) >= 11 is 5.78. The largest absolute Gasteiger partial charge is 0.416 e. The van der Waals surface area contributed by atoms with E-state index in [0.29, 0.717) is 18.9 Å². The Morgan fingerprint density at radius 2 is 1.86 bits per heavy atom. The molecule has 1 aliphatic heterocycles. The number of hydrogen-bond acceptors (Lipinski definition) is 3. The molecule has 9 heteroatoms. The number of halogens is 4. The third-order valence-corrected chi connectivity index (χ3v) is 5.89. The molecule has 0 spiro atoms. The van der Waals surface area contributed by atoms with Crippen molar-refractivity contribution in [3.63, 3.8) is 0 Å². The molecule has 1 saturated heterocycles. The van der Waals surface area contributed by atoms with Gasteiger partial charge in [0.1, 0.15) is 4.90 Å². The Labute approximate surface area is 131 Å². The first-order chi connectivity index (χ1) is 10.2. The molecule has 0 bridgehead atoms. The smallest absolute Gasteiger partial charge is 0.207 e. The maximum Gasteiger partial charge on any atom is 0.416 e. The molecule has 0 N–H and O–H groups in total. The molecule has 0 unspecified atom stereocenters. The van der Waals surface area contributed by atoms with Crippen LogP contribution >= 0.6 is 11.6 Å². The first-order valence-electron chi connectivity index (χ1n) is 6.43. The van der Waals surface area contributed by atoms with Gasteiger partial charge < -0.3 is 0 Å². The number of alkyl halides is 3. The zero-order valence-corrected chi connectivity index (χ0v) is 12.8. The van der Waals surface area contributed by atoms with Crippen LogP contribution in [-0.4, -0.2) is 25.8 Å². The SMILES string of the molecule is N#CC1CCN(S(=O)(=O)c2cc(C(F)(F)F)ccc2Cl)CC1. The van der Waals surface area contributed by atoms with Crippen LogP contribution in [0.3, 0.4) is 0 Å². The van der Waals surface area contributed by atoms with Gasteiger partial charge in [0.2, 0.25) is 10.0 Å². The maximum absolute atomic E-state index is 12.7. The maximum atomic E-state index is 12.7. The van der Waals surface area contributed by atoms with Gasteiger partial charge in [0, 0.05) is 19.0 Å². The van der Waals surface area contributed by atoms with E-state index in [2.05, 4.69) is 6.07 Å². The summed E-state index contributed by atoms with van der Waals surface area (Å²) in [5, 5.41) is 8.55. The van der Waals surface area contributed by atoms with Crippen molar-refractivity contribution in [3.8, 4) is 6.07 Å². The van der Waals surface area contributed by atoms with Gasteiger partial charge in [-0.15, -0.1) is 0 Å². The highest BCUT2D eigenvalue weighted by atomic mass is 35.5. The average molecular weight is 353 g/mol. The molecule has 1 aliphatic rings. The van der Waals surface area contributed by atoms with Gasteiger partial charge in [-0.25, -0.2) is 8.42 Å². The lowest BCUT2D eigenvalue weighted by atomic mass is 10.0. The fraction of sp³-hybridized carbons (Fsp3) is 0.462. The van der Waals surface area contributed by atoms with E-state index >= 15 is 0 Å². The summed E-state index contributed by atoms with van der Waals surface area (Å²) in [5.74, 6) is -0.233. The highest BCUT2D eigenvalue weighted by molar-refractivity contribution is 7.89. The minimum atomic E-state index is -4.65. The Bertz CT molecular complexity index is 705. The summed E-state index contributed by atoms with van der Waals surface area (Å²) in [6.07, 6.45) is -3.94. The van der Waals surface area contributed by atoms with Crippen molar-refractivity contribution in [2.75, 3.05) is 13.1 Å². The summed E-state index contributed by atoms with van der Waals surface area (Å²) in [7, 11) is -4.12. The van der Waals surface area contributed by atoms with Gasteiger partial charge in [0.05, 0.1) is 16.7 Å². The van der Waals surface area contributed by atoms with Crippen LogP contribution in [0.25, 0.3) is 0 Å². The van der Waals surface area contributed by atoms with Crippen LogP contribution in [0.5, 0.6) is 0 Å². The van der Waals surface area contributed by atoms with Crippen molar-refractivity contribution in [2.24, 2.45) is 5.92 Å². The number of piperidine rings is 1. The summed E-state index contributed by atoms with van der Waals surface area (Å²) < 4.78 is 64.2. The van der Waals surface area contributed by atoms with Crippen LogP contribution in [0.1, 0.15) is 18.4 Å². The topological polar surface area (TPSA) is 61.2 Å². The lowest BCUT2D eigenvalue weighted by Gasteiger charge is -2.28. The van der Waals surface area contributed by atoms with Gasteiger partial charge in [-0.05, 0) is 31.0 Å². The van der Waals surface area contributed by atoms with Gasteiger partial charge >= 0.3 is 6.18 Å². The monoisotopic (exact) mass is 352 g/mol. The van der Waals surface area contributed by atoms with Gasteiger partial charge in [-0.1, -0.05) is 11.6 Å². The zero-order chi connectivity index (χ0) is 16.5. The van der Waals surface area contributed by atoms with Gasteiger partial charge in [0.25, 0.3) is 0 Å². The second-order valence-electron chi connectivity index (χ2n) is 4.95. The third-order valence-electron chi connectivity index (χ3n) is 3.51. The lowest BCUT2D eigenvalue weighted by Crippen LogP contribution is -2.38. The minimum Gasteiger partial charge on any atom is -0.207 e. The van der Waals surface area contributed by atoms with Crippen LogP contribution in [0, 0.1) is 17.2 Å². The first-order valence-corrected chi connectivity index (χ1v) is 8.24. The highest BCUT2D eigenvalue weighted by Crippen LogP contribution is 2.35. The molecule has 1 aromatic carbocycles. The van der Waals surface area contributed by atoms with Gasteiger partial charge in [-0.3, -0.25) is 0 Å². The number of rotatable bonds is 2. The molecule has 4 nitrogen and oxygen atoms in total. The number of sulfonamides is 1. The first kappa shape index (κ1) is 17.1. The van der Waals surface area contributed by atoms with Crippen molar-refractivity contribution < 1.29 is 21.6 Å². The summed E-state index contributed by atoms with van der Waals surface area (Å²) in [6, 6.07) is 4.28. The Kier molecular flexibility index (Phi) is 4.70. The van der Waals surface area contributed by atoms with E-state index in [-0.39, 0.29) is 24.0 Å².